The highest BCUT2D eigenvalue weighted by Gasteiger charge is 2.23. The van der Waals surface area contributed by atoms with Crippen LogP contribution < -0.4 is 5.32 Å². The lowest BCUT2D eigenvalue weighted by Crippen LogP contribution is -2.33. The second-order valence-corrected chi connectivity index (χ2v) is 6.45. The van der Waals surface area contributed by atoms with Gasteiger partial charge < -0.3 is 5.32 Å². The molecule has 1 atom stereocenters. The molecule has 0 spiro atoms. The maximum Gasteiger partial charge on any atom is 0.221 e. The molecular weight excluding hydrogens is 222 g/mol. The van der Waals surface area contributed by atoms with Crippen LogP contribution in [0.3, 0.4) is 0 Å². The minimum absolute atomic E-state index is 0.0538. The van der Waals surface area contributed by atoms with Crippen molar-refractivity contribution < 1.29 is 4.79 Å². The molecule has 1 amide bonds. The van der Waals surface area contributed by atoms with E-state index in [1.54, 1.807) is 0 Å². The maximum absolute atomic E-state index is 12.0. The topological polar surface area (TPSA) is 29.1 Å². The molecule has 0 unspecified atom stereocenters. The van der Waals surface area contributed by atoms with Crippen LogP contribution in [0, 0.1) is 5.41 Å². The average Bonchev–Trinajstić information content (AvgIpc) is 2.27. The fourth-order valence-electron chi connectivity index (χ4n) is 2.63. The molecule has 0 saturated carbocycles. The molecule has 0 heterocycles. The summed E-state index contributed by atoms with van der Waals surface area (Å²) in [6.45, 7) is 6.30. The van der Waals surface area contributed by atoms with E-state index in [2.05, 4.69) is 50.4 Å². The van der Waals surface area contributed by atoms with E-state index in [9.17, 15) is 4.79 Å². The summed E-state index contributed by atoms with van der Waals surface area (Å²) in [6, 6.07) is 8.68. The third-order valence-corrected chi connectivity index (χ3v) is 3.40. The zero-order chi connectivity index (χ0) is 13.2. The number of nitrogens with one attached hydrogen (secondary N) is 1. The molecule has 1 aliphatic rings. The van der Waals surface area contributed by atoms with Gasteiger partial charge in [0.05, 0.1) is 6.04 Å². The third kappa shape index (κ3) is 3.34. The molecule has 98 valence electrons. The van der Waals surface area contributed by atoms with Gasteiger partial charge in [0.1, 0.15) is 0 Å². The Balaban J connectivity index is 2.05. The van der Waals surface area contributed by atoms with Crippen molar-refractivity contribution >= 4 is 5.91 Å². The van der Waals surface area contributed by atoms with E-state index < -0.39 is 0 Å². The van der Waals surface area contributed by atoms with Crippen LogP contribution in [0.15, 0.2) is 24.3 Å². The first kappa shape index (κ1) is 13.1. The van der Waals surface area contributed by atoms with E-state index >= 15 is 0 Å². The van der Waals surface area contributed by atoms with E-state index in [4.69, 9.17) is 0 Å². The summed E-state index contributed by atoms with van der Waals surface area (Å²) >= 11 is 0. The number of carbonyl (C=O) groups excluding carboxylic acids is 1. The molecule has 0 saturated heterocycles. The number of benzene rings is 1. The number of hydrogen-bond acceptors (Lipinski definition) is 1. The fourth-order valence-corrected chi connectivity index (χ4v) is 2.63. The quantitative estimate of drug-likeness (QED) is 0.847. The van der Waals surface area contributed by atoms with Crippen molar-refractivity contribution in [1.82, 2.24) is 5.32 Å². The lowest BCUT2D eigenvalue weighted by molar-refractivity contribution is -0.123. The molecule has 0 bridgehead atoms. The van der Waals surface area contributed by atoms with Gasteiger partial charge in [0, 0.05) is 6.42 Å². The maximum atomic E-state index is 12.0. The van der Waals surface area contributed by atoms with Crippen LogP contribution in [-0.2, 0) is 11.2 Å². The van der Waals surface area contributed by atoms with Gasteiger partial charge in [-0.05, 0) is 35.8 Å². The predicted octanol–water partition coefficient (Wildman–Crippen LogP) is 3.62. The Labute approximate surface area is 110 Å². The number of carbonyl (C=O) groups is 1. The zero-order valence-electron chi connectivity index (χ0n) is 11.6. The number of rotatable bonds is 2. The number of fused-ring (bicyclic) bond motifs is 1. The lowest BCUT2D eigenvalue weighted by atomic mass is 9.87. The first-order valence-corrected chi connectivity index (χ1v) is 6.83. The molecule has 0 fully saturated rings. The molecule has 2 heteroatoms. The van der Waals surface area contributed by atoms with E-state index in [1.807, 2.05) is 0 Å². The van der Waals surface area contributed by atoms with Crippen LogP contribution in [0.1, 0.15) is 57.2 Å². The molecule has 0 aliphatic heterocycles. The number of hydrogen-bond donors (Lipinski definition) is 1. The molecule has 1 aromatic rings. The van der Waals surface area contributed by atoms with Gasteiger partial charge in [0.25, 0.3) is 0 Å². The number of amides is 1. The van der Waals surface area contributed by atoms with Crippen molar-refractivity contribution in [2.75, 3.05) is 0 Å². The summed E-state index contributed by atoms with van der Waals surface area (Å²) in [5, 5.41) is 3.19. The van der Waals surface area contributed by atoms with E-state index in [-0.39, 0.29) is 17.4 Å². The van der Waals surface area contributed by atoms with Crippen molar-refractivity contribution in [3.8, 4) is 0 Å². The van der Waals surface area contributed by atoms with Crippen LogP contribution in [0.25, 0.3) is 0 Å². The van der Waals surface area contributed by atoms with Gasteiger partial charge in [-0.2, -0.15) is 0 Å². The van der Waals surface area contributed by atoms with Crippen molar-refractivity contribution in [3.63, 3.8) is 0 Å². The molecule has 18 heavy (non-hydrogen) atoms. The van der Waals surface area contributed by atoms with Crippen molar-refractivity contribution in [1.29, 1.82) is 0 Å². The Morgan fingerprint density at radius 2 is 2.06 bits per heavy atom. The lowest BCUT2D eigenvalue weighted by Gasteiger charge is -2.27. The fraction of sp³-hybridized carbons (Fsp3) is 0.562. The monoisotopic (exact) mass is 245 g/mol. The van der Waals surface area contributed by atoms with E-state index in [0.717, 1.165) is 19.3 Å². The minimum Gasteiger partial charge on any atom is -0.349 e. The summed E-state index contributed by atoms with van der Waals surface area (Å²) in [7, 11) is 0. The highest BCUT2D eigenvalue weighted by Crippen LogP contribution is 2.30. The summed E-state index contributed by atoms with van der Waals surface area (Å²) in [4.78, 5) is 12.0. The van der Waals surface area contributed by atoms with Gasteiger partial charge in [-0.25, -0.2) is 0 Å². The van der Waals surface area contributed by atoms with E-state index in [1.165, 1.54) is 11.1 Å². The highest BCUT2D eigenvalue weighted by molar-refractivity contribution is 5.77. The van der Waals surface area contributed by atoms with Crippen LogP contribution in [-0.4, -0.2) is 5.91 Å². The van der Waals surface area contributed by atoms with Gasteiger partial charge >= 0.3 is 0 Å². The van der Waals surface area contributed by atoms with Gasteiger partial charge in [0.2, 0.25) is 5.91 Å². The van der Waals surface area contributed by atoms with Gasteiger partial charge in [0.15, 0.2) is 0 Å². The SMILES string of the molecule is CC(C)(C)CC(=O)N[C@H]1CCCc2ccccc21. The largest absolute Gasteiger partial charge is 0.349 e. The molecule has 1 aliphatic carbocycles. The van der Waals surface area contributed by atoms with Crippen LogP contribution in [0.2, 0.25) is 0 Å². The molecular formula is C16H23NO. The van der Waals surface area contributed by atoms with Crippen LogP contribution in [0.5, 0.6) is 0 Å². The second-order valence-electron chi connectivity index (χ2n) is 6.45. The molecule has 0 radical (unpaired) electrons. The van der Waals surface area contributed by atoms with Crippen LogP contribution >= 0.6 is 0 Å². The average molecular weight is 245 g/mol. The van der Waals surface area contributed by atoms with Gasteiger partial charge in [-0.3, -0.25) is 4.79 Å². The Morgan fingerprint density at radius 1 is 1.33 bits per heavy atom. The normalized spacial score (nSPS) is 19.2. The summed E-state index contributed by atoms with van der Waals surface area (Å²) in [6.07, 6.45) is 3.96. The van der Waals surface area contributed by atoms with Crippen molar-refractivity contribution in [3.05, 3.63) is 35.4 Å². The Morgan fingerprint density at radius 3 is 2.78 bits per heavy atom. The zero-order valence-corrected chi connectivity index (χ0v) is 11.6. The Bertz CT molecular complexity index is 431. The molecule has 2 nitrogen and oxygen atoms in total. The molecule has 2 rings (SSSR count). The summed E-state index contributed by atoms with van der Waals surface area (Å²) in [5.41, 5.74) is 2.76. The second kappa shape index (κ2) is 5.13. The molecule has 1 aromatic carbocycles. The first-order chi connectivity index (χ1) is 8.46. The summed E-state index contributed by atoms with van der Waals surface area (Å²) in [5.74, 6) is 0.171. The third-order valence-electron chi connectivity index (χ3n) is 3.40. The summed E-state index contributed by atoms with van der Waals surface area (Å²) < 4.78 is 0. The Hall–Kier alpha value is -1.31. The van der Waals surface area contributed by atoms with Crippen molar-refractivity contribution in [2.45, 2.75) is 52.5 Å². The van der Waals surface area contributed by atoms with E-state index in [0.29, 0.717) is 6.42 Å². The minimum atomic E-state index is 0.0538. The molecule has 0 aromatic heterocycles. The van der Waals surface area contributed by atoms with Crippen LogP contribution in [0.4, 0.5) is 0 Å². The molecule has 1 N–H and O–H groups in total. The number of aryl methyl sites for hydroxylation is 1. The first-order valence-electron chi connectivity index (χ1n) is 6.83. The standard InChI is InChI=1S/C16H23NO/c1-16(2,3)11-15(18)17-14-10-6-8-12-7-4-5-9-13(12)14/h4-5,7,9,14H,6,8,10-11H2,1-3H3,(H,17,18)/t14-/m0/s1. The predicted molar refractivity (Wildman–Crippen MR) is 74.3 cm³/mol. The smallest absolute Gasteiger partial charge is 0.221 e. The highest BCUT2D eigenvalue weighted by atomic mass is 16.1. The van der Waals surface area contributed by atoms with Gasteiger partial charge in [-0.15, -0.1) is 0 Å². The van der Waals surface area contributed by atoms with Crippen molar-refractivity contribution in [2.24, 2.45) is 5.41 Å². The van der Waals surface area contributed by atoms with Gasteiger partial charge in [-0.1, -0.05) is 45.0 Å². The Kier molecular flexibility index (Phi) is 3.74.